The predicted molar refractivity (Wildman–Crippen MR) is 58.1 cm³/mol. The molecular weight excluding hydrogens is 225 g/mol. The van der Waals surface area contributed by atoms with Crippen molar-refractivity contribution in [3.63, 3.8) is 0 Å². The third-order valence-electron chi connectivity index (χ3n) is 2.38. The van der Waals surface area contributed by atoms with Gasteiger partial charge in [-0.1, -0.05) is 6.07 Å². The van der Waals surface area contributed by atoms with Gasteiger partial charge in [-0.2, -0.15) is 0 Å². The number of benzene rings is 1. The van der Waals surface area contributed by atoms with Crippen LogP contribution in [0, 0.1) is 5.82 Å². The van der Waals surface area contributed by atoms with Crippen molar-refractivity contribution in [2.75, 3.05) is 0 Å². The molecule has 0 saturated carbocycles. The Morgan fingerprint density at radius 2 is 2.29 bits per heavy atom. The van der Waals surface area contributed by atoms with Gasteiger partial charge in [-0.3, -0.25) is 4.79 Å². The fourth-order valence-corrected chi connectivity index (χ4v) is 1.47. The maximum absolute atomic E-state index is 13.7. The van der Waals surface area contributed by atoms with Gasteiger partial charge in [-0.25, -0.2) is 9.37 Å². The SMILES string of the molecule is NC(C(=O)O)c1ccc(-n2ccnc2)c(F)c1. The first kappa shape index (κ1) is 11.3. The highest BCUT2D eigenvalue weighted by Crippen LogP contribution is 2.18. The fourth-order valence-electron chi connectivity index (χ4n) is 1.47. The number of carboxylic acids is 1. The summed E-state index contributed by atoms with van der Waals surface area (Å²) in [4.78, 5) is 14.5. The number of hydrogen-bond acceptors (Lipinski definition) is 3. The van der Waals surface area contributed by atoms with Crippen molar-refractivity contribution in [1.29, 1.82) is 0 Å². The van der Waals surface area contributed by atoms with Gasteiger partial charge in [0.05, 0.1) is 12.0 Å². The molecule has 0 amide bonds. The predicted octanol–water partition coefficient (Wildman–Crippen LogP) is 1.10. The van der Waals surface area contributed by atoms with Crippen LogP contribution in [0.4, 0.5) is 4.39 Å². The van der Waals surface area contributed by atoms with Crippen LogP contribution < -0.4 is 5.73 Å². The number of halogens is 1. The minimum atomic E-state index is -1.22. The van der Waals surface area contributed by atoms with E-state index in [1.165, 1.54) is 29.2 Å². The smallest absolute Gasteiger partial charge is 0.325 e. The Hall–Kier alpha value is -2.21. The molecular formula is C11H10FN3O2. The minimum Gasteiger partial charge on any atom is -0.480 e. The minimum absolute atomic E-state index is 0.221. The monoisotopic (exact) mass is 235 g/mol. The molecule has 0 aliphatic heterocycles. The number of hydrogen-bond donors (Lipinski definition) is 2. The summed E-state index contributed by atoms with van der Waals surface area (Å²) in [6.07, 6.45) is 4.57. The first-order chi connectivity index (χ1) is 8.09. The Balaban J connectivity index is 2.39. The van der Waals surface area contributed by atoms with Gasteiger partial charge < -0.3 is 15.4 Å². The summed E-state index contributed by atoms with van der Waals surface area (Å²) >= 11 is 0. The third-order valence-corrected chi connectivity index (χ3v) is 2.38. The second-order valence-corrected chi connectivity index (χ2v) is 3.50. The van der Waals surface area contributed by atoms with E-state index in [0.29, 0.717) is 5.69 Å². The van der Waals surface area contributed by atoms with Crippen LogP contribution in [0.2, 0.25) is 0 Å². The Bertz CT molecular complexity index is 540. The van der Waals surface area contributed by atoms with Crippen molar-refractivity contribution in [3.8, 4) is 5.69 Å². The standard InChI is InChI=1S/C11H10FN3O2/c12-8-5-7(10(13)11(16)17)1-2-9(8)15-4-3-14-6-15/h1-6,10H,13H2,(H,16,17). The van der Waals surface area contributed by atoms with E-state index in [2.05, 4.69) is 4.98 Å². The molecule has 0 aliphatic rings. The quantitative estimate of drug-likeness (QED) is 0.834. The van der Waals surface area contributed by atoms with Crippen molar-refractivity contribution >= 4 is 5.97 Å². The van der Waals surface area contributed by atoms with E-state index >= 15 is 0 Å². The van der Waals surface area contributed by atoms with E-state index in [1.807, 2.05) is 0 Å². The number of nitrogens with zero attached hydrogens (tertiary/aromatic N) is 2. The molecule has 2 aromatic rings. The zero-order valence-corrected chi connectivity index (χ0v) is 8.75. The van der Waals surface area contributed by atoms with Crippen LogP contribution in [-0.2, 0) is 4.79 Å². The lowest BCUT2D eigenvalue weighted by Crippen LogP contribution is -2.20. The number of aliphatic carboxylic acids is 1. The highest BCUT2D eigenvalue weighted by atomic mass is 19.1. The highest BCUT2D eigenvalue weighted by molar-refractivity contribution is 5.75. The van der Waals surface area contributed by atoms with E-state index in [4.69, 9.17) is 10.8 Å². The Kier molecular flexibility index (Phi) is 2.88. The summed E-state index contributed by atoms with van der Waals surface area (Å²) in [6, 6.07) is 2.85. The molecule has 0 spiro atoms. The molecule has 3 N–H and O–H groups in total. The Labute approximate surface area is 96.3 Å². The molecule has 1 aromatic heterocycles. The van der Waals surface area contributed by atoms with E-state index in [0.717, 1.165) is 6.07 Å². The van der Waals surface area contributed by atoms with E-state index in [1.54, 1.807) is 6.20 Å². The van der Waals surface area contributed by atoms with Crippen LogP contribution in [-0.4, -0.2) is 20.6 Å². The van der Waals surface area contributed by atoms with Gasteiger partial charge in [0.2, 0.25) is 0 Å². The normalized spacial score (nSPS) is 12.4. The van der Waals surface area contributed by atoms with Gasteiger partial charge in [-0.05, 0) is 17.7 Å². The molecule has 88 valence electrons. The first-order valence-electron chi connectivity index (χ1n) is 4.86. The van der Waals surface area contributed by atoms with E-state index in [-0.39, 0.29) is 5.56 Å². The van der Waals surface area contributed by atoms with Crippen LogP contribution in [0.15, 0.2) is 36.9 Å². The first-order valence-corrected chi connectivity index (χ1v) is 4.86. The van der Waals surface area contributed by atoms with Gasteiger partial charge in [0.1, 0.15) is 11.9 Å². The number of aromatic nitrogens is 2. The third kappa shape index (κ3) is 2.16. The summed E-state index contributed by atoms with van der Waals surface area (Å²) < 4.78 is 15.2. The Morgan fingerprint density at radius 3 is 2.82 bits per heavy atom. The number of imidazole rings is 1. The van der Waals surface area contributed by atoms with Gasteiger partial charge in [0.25, 0.3) is 0 Å². The summed E-state index contributed by atoms with van der Waals surface area (Å²) in [5, 5.41) is 8.72. The van der Waals surface area contributed by atoms with Crippen molar-refractivity contribution in [2.45, 2.75) is 6.04 Å². The van der Waals surface area contributed by atoms with Gasteiger partial charge >= 0.3 is 5.97 Å². The zero-order valence-electron chi connectivity index (χ0n) is 8.75. The molecule has 1 aromatic carbocycles. The lowest BCUT2D eigenvalue weighted by Gasteiger charge is -2.09. The second-order valence-electron chi connectivity index (χ2n) is 3.50. The molecule has 6 heteroatoms. The van der Waals surface area contributed by atoms with Crippen LogP contribution in [0.5, 0.6) is 0 Å². The molecule has 0 fully saturated rings. The number of carbonyl (C=O) groups is 1. The lowest BCUT2D eigenvalue weighted by atomic mass is 10.1. The molecule has 2 rings (SSSR count). The molecule has 0 bridgehead atoms. The maximum atomic E-state index is 13.7. The molecule has 1 unspecified atom stereocenters. The average molecular weight is 235 g/mol. The van der Waals surface area contributed by atoms with Crippen LogP contribution in [0.3, 0.4) is 0 Å². The number of carboxylic acid groups (broad SMARTS) is 1. The van der Waals surface area contributed by atoms with Crippen LogP contribution >= 0.6 is 0 Å². The molecule has 0 radical (unpaired) electrons. The molecule has 0 saturated heterocycles. The summed E-state index contributed by atoms with van der Waals surface area (Å²) in [6.45, 7) is 0. The van der Waals surface area contributed by atoms with Gasteiger partial charge in [-0.15, -0.1) is 0 Å². The summed E-state index contributed by atoms with van der Waals surface area (Å²) in [5.74, 6) is -1.74. The maximum Gasteiger partial charge on any atom is 0.325 e. The summed E-state index contributed by atoms with van der Waals surface area (Å²) in [5.41, 5.74) is 5.91. The van der Waals surface area contributed by atoms with Crippen molar-refractivity contribution in [3.05, 3.63) is 48.3 Å². The second kappa shape index (κ2) is 4.34. The molecule has 0 aliphatic carbocycles. The van der Waals surface area contributed by atoms with Crippen molar-refractivity contribution < 1.29 is 14.3 Å². The molecule has 17 heavy (non-hydrogen) atoms. The molecule has 1 heterocycles. The van der Waals surface area contributed by atoms with Crippen molar-refractivity contribution in [1.82, 2.24) is 9.55 Å². The van der Waals surface area contributed by atoms with Crippen LogP contribution in [0.25, 0.3) is 5.69 Å². The summed E-state index contributed by atoms with van der Waals surface area (Å²) in [7, 11) is 0. The van der Waals surface area contributed by atoms with Gasteiger partial charge in [0, 0.05) is 12.4 Å². The Morgan fingerprint density at radius 1 is 1.53 bits per heavy atom. The zero-order chi connectivity index (χ0) is 12.4. The van der Waals surface area contributed by atoms with Gasteiger partial charge in [0.15, 0.2) is 0 Å². The van der Waals surface area contributed by atoms with E-state index in [9.17, 15) is 9.18 Å². The fraction of sp³-hybridized carbons (Fsp3) is 0.0909. The number of nitrogens with two attached hydrogens (primary N) is 1. The average Bonchev–Trinajstić information content (AvgIpc) is 2.81. The molecule has 1 atom stereocenters. The number of rotatable bonds is 3. The lowest BCUT2D eigenvalue weighted by molar-refractivity contribution is -0.138. The topological polar surface area (TPSA) is 81.1 Å². The largest absolute Gasteiger partial charge is 0.480 e. The van der Waals surface area contributed by atoms with E-state index < -0.39 is 17.8 Å². The molecule has 5 nitrogen and oxygen atoms in total. The van der Waals surface area contributed by atoms with Crippen molar-refractivity contribution in [2.24, 2.45) is 5.73 Å². The van der Waals surface area contributed by atoms with Crippen LogP contribution in [0.1, 0.15) is 11.6 Å². The highest BCUT2D eigenvalue weighted by Gasteiger charge is 2.16.